The smallest absolute Gasteiger partial charge is 0.251 e. The molecule has 3 nitrogen and oxygen atoms in total. The topological polar surface area (TPSA) is 49.3 Å². The lowest BCUT2D eigenvalue weighted by Gasteiger charge is -2.10. The maximum absolute atomic E-state index is 11.5. The molecule has 76 valence electrons. The molecule has 1 aromatic rings. The second-order valence-corrected chi connectivity index (χ2v) is 3.33. The Hall–Kier alpha value is -1.51. The predicted molar refractivity (Wildman–Crippen MR) is 55.3 cm³/mol. The Labute approximate surface area is 83.8 Å². The van der Waals surface area contributed by atoms with Crippen LogP contribution in [0, 0.1) is 0 Å². The Morgan fingerprint density at radius 3 is 2.50 bits per heavy atom. The highest BCUT2D eigenvalue weighted by Gasteiger charge is 2.07. The summed E-state index contributed by atoms with van der Waals surface area (Å²) in [4.78, 5) is 11.5. The molecular weight excluding hydrogens is 178 g/mol. The van der Waals surface area contributed by atoms with Crippen LogP contribution < -0.4 is 5.32 Å². The van der Waals surface area contributed by atoms with Crippen LogP contribution in [0.15, 0.2) is 24.3 Å². The molecular formula is C11H15NO2. The first-order chi connectivity index (χ1) is 6.63. The van der Waals surface area contributed by atoms with Crippen LogP contribution in [0.3, 0.4) is 0 Å². The summed E-state index contributed by atoms with van der Waals surface area (Å²) in [5, 5.41) is 11.9. The van der Waals surface area contributed by atoms with Crippen LogP contribution >= 0.6 is 0 Å². The van der Waals surface area contributed by atoms with Crippen molar-refractivity contribution in [1.82, 2.24) is 5.32 Å². The van der Waals surface area contributed by atoms with Crippen molar-refractivity contribution in [3.05, 3.63) is 29.8 Å². The van der Waals surface area contributed by atoms with Gasteiger partial charge in [-0.1, -0.05) is 6.92 Å². The molecule has 2 N–H and O–H groups in total. The van der Waals surface area contributed by atoms with Gasteiger partial charge in [-0.3, -0.25) is 4.79 Å². The molecule has 0 radical (unpaired) electrons. The summed E-state index contributed by atoms with van der Waals surface area (Å²) in [6.07, 6.45) is 0.907. The van der Waals surface area contributed by atoms with Gasteiger partial charge in [-0.25, -0.2) is 0 Å². The molecule has 0 spiro atoms. The van der Waals surface area contributed by atoms with Gasteiger partial charge in [0.1, 0.15) is 5.75 Å². The lowest BCUT2D eigenvalue weighted by Crippen LogP contribution is -2.31. The third-order valence-corrected chi connectivity index (χ3v) is 2.12. The van der Waals surface area contributed by atoms with Crippen molar-refractivity contribution in [2.45, 2.75) is 26.3 Å². The van der Waals surface area contributed by atoms with E-state index in [2.05, 4.69) is 5.32 Å². The molecule has 0 aliphatic rings. The molecule has 0 aliphatic carbocycles. The van der Waals surface area contributed by atoms with Crippen LogP contribution in [0.1, 0.15) is 30.6 Å². The van der Waals surface area contributed by atoms with Gasteiger partial charge in [-0.2, -0.15) is 0 Å². The van der Waals surface area contributed by atoms with Gasteiger partial charge in [0, 0.05) is 11.6 Å². The minimum Gasteiger partial charge on any atom is -0.508 e. The monoisotopic (exact) mass is 193 g/mol. The molecule has 0 fully saturated rings. The molecule has 1 aromatic carbocycles. The number of aromatic hydroxyl groups is 1. The Balaban J connectivity index is 2.65. The summed E-state index contributed by atoms with van der Waals surface area (Å²) in [6, 6.07) is 6.40. The molecule has 0 aliphatic heterocycles. The number of rotatable bonds is 3. The van der Waals surface area contributed by atoms with Gasteiger partial charge < -0.3 is 10.4 Å². The van der Waals surface area contributed by atoms with Crippen molar-refractivity contribution in [1.29, 1.82) is 0 Å². The van der Waals surface area contributed by atoms with Gasteiger partial charge in [-0.15, -0.1) is 0 Å². The first-order valence-electron chi connectivity index (χ1n) is 4.73. The lowest BCUT2D eigenvalue weighted by atomic mass is 10.2. The zero-order chi connectivity index (χ0) is 10.6. The number of nitrogens with one attached hydrogen (secondary N) is 1. The highest BCUT2D eigenvalue weighted by molar-refractivity contribution is 5.94. The number of carbonyl (C=O) groups is 1. The molecule has 0 heterocycles. The molecule has 1 amide bonds. The van der Waals surface area contributed by atoms with Crippen molar-refractivity contribution >= 4 is 5.91 Å². The first kappa shape index (κ1) is 10.6. The molecule has 14 heavy (non-hydrogen) atoms. The van der Waals surface area contributed by atoms with E-state index in [1.807, 2.05) is 13.8 Å². The van der Waals surface area contributed by atoms with Crippen molar-refractivity contribution < 1.29 is 9.90 Å². The maximum atomic E-state index is 11.5. The number of hydrogen-bond donors (Lipinski definition) is 2. The third kappa shape index (κ3) is 2.76. The number of hydrogen-bond acceptors (Lipinski definition) is 2. The van der Waals surface area contributed by atoms with Crippen molar-refractivity contribution in [2.75, 3.05) is 0 Å². The quantitative estimate of drug-likeness (QED) is 0.770. The Bertz CT molecular complexity index is 306. The fraction of sp³-hybridized carbons (Fsp3) is 0.364. The van der Waals surface area contributed by atoms with E-state index >= 15 is 0 Å². The van der Waals surface area contributed by atoms with Crippen LogP contribution in [-0.2, 0) is 0 Å². The number of benzene rings is 1. The summed E-state index contributed by atoms with van der Waals surface area (Å²) >= 11 is 0. The number of phenols is 1. The molecule has 1 rings (SSSR count). The summed E-state index contributed by atoms with van der Waals surface area (Å²) in [5.74, 6) is 0.0736. The zero-order valence-corrected chi connectivity index (χ0v) is 8.45. The highest BCUT2D eigenvalue weighted by Crippen LogP contribution is 2.09. The number of carbonyl (C=O) groups excluding carboxylic acids is 1. The summed E-state index contributed by atoms with van der Waals surface area (Å²) < 4.78 is 0. The van der Waals surface area contributed by atoms with Gasteiger partial charge in [0.2, 0.25) is 0 Å². The van der Waals surface area contributed by atoms with Crippen molar-refractivity contribution in [3.63, 3.8) is 0 Å². The minimum atomic E-state index is -0.0978. The molecule has 0 saturated carbocycles. The molecule has 1 unspecified atom stereocenters. The normalized spacial score (nSPS) is 12.1. The maximum Gasteiger partial charge on any atom is 0.251 e. The van der Waals surface area contributed by atoms with Gasteiger partial charge in [0.15, 0.2) is 0 Å². The average molecular weight is 193 g/mol. The van der Waals surface area contributed by atoms with Gasteiger partial charge in [0.05, 0.1) is 0 Å². The molecule has 0 saturated heterocycles. The Morgan fingerprint density at radius 2 is 2.00 bits per heavy atom. The van der Waals surface area contributed by atoms with Crippen molar-refractivity contribution in [3.8, 4) is 5.75 Å². The predicted octanol–water partition coefficient (Wildman–Crippen LogP) is 1.92. The highest BCUT2D eigenvalue weighted by atomic mass is 16.3. The molecule has 0 aromatic heterocycles. The fourth-order valence-electron chi connectivity index (χ4n) is 1.02. The van der Waals surface area contributed by atoms with E-state index in [-0.39, 0.29) is 17.7 Å². The van der Waals surface area contributed by atoms with Crippen LogP contribution in [-0.4, -0.2) is 17.1 Å². The van der Waals surface area contributed by atoms with Gasteiger partial charge in [-0.05, 0) is 37.6 Å². The average Bonchev–Trinajstić information content (AvgIpc) is 2.18. The van der Waals surface area contributed by atoms with Crippen LogP contribution in [0.2, 0.25) is 0 Å². The van der Waals surface area contributed by atoms with Crippen LogP contribution in [0.4, 0.5) is 0 Å². The largest absolute Gasteiger partial charge is 0.508 e. The Morgan fingerprint density at radius 1 is 1.43 bits per heavy atom. The van der Waals surface area contributed by atoms with Gasteiger partial charge in [0.25, 0.3) is 5.91 Å². The molecule has 3 heteroatoms. The van der Waals surface area contributed by atoms with E-state index in [4.69, 9.17) is 5.11 Å². The second kappa shape index (κ2) is 4.65. The summed E-state index contributed by atoms with van der Waals surface area (Å²) in [7, 11) is 0. The van der Waals surface area contributed by atoms with E-state index in [1.165, 1.54) is 12.1 Å². The van der Waals surface area contributed by atoms with Crippen LogP contribution in [0.25, 0.3) is 0 Å². The first-order valence-corrected chi connectivity index (χ1v) is 4.73. The molecule has 1 atom stereocenters. The zero-order valence-electron chi connectivity index (χ0n) is 8.45. The molecule has 0 bridgehead atoms. The van der Waals surface area contributed by atoms with E-state index in [0.717, 1.165) is 6.42 Å². The van der Waals surface area contributed by atoms with Gasteiger partial charge >= 0.3 is 0 Å². The second-order valence-electron chi connectivity index (χ2n) is 3.33. The van der Waals surface area contributed by atoms with E-state index in [9.17, 15) is 4.79 Å². The summed E-state index contributed by atoms with van der Waals surface area (Å²) in [5.41, 5.74) is 0.572. The third-order valence-electron chi connectivity index (χ3n) is 2.12. The van der Waals surface area contributed by atoms with E-state index in [1.54, 1.807) is 12.1 Å². The van der Waals surface area contributed by atoms with Crippen molar-refractivity contribution in [2.24, 2.45) is 0 Å². The summed E-state index contributed by atoms with van der Waals surface area (Å²) in [6.45, 7) is 3.97. The number of amides is 1. The van der Waals surface area contributed by atoms with Crippen LogP contribution in [0.5, 0.6) is 5.75 Å². The SMILES string of the molecule is CCC(C)NC(=O)c1ccc(O)cc1. The lowest BCUT2D eigenvalue weighted by molar-refractivity contribution is 0.0939. The Kier molecular flexibility index (Phi) is 3.51. The van der Waals surface area contributed by atoms with E-state index < -0.39 is 0 Å². The fourth-order valence-corrected chi connectivity index (χ4v) is 1.02. The minimum absolute atomic E-state index is 0.0978. The van der Waals surface area contributed by atoms with E-state index in [0.29, 0.717) is 5.56 Å². The standard InChI is InChI=1S/C11H15NO2/c1-3-8(2)12-11(14)9-4-6-10(13)7-5-9/h4-8,13H,3H2,1-2H3,(H,12,14). The number of phenolic OH excluding ortho intramolecular Hbond substituents is 1.